The fourth-order valence-electron chi connectivity index (χ4n) is 5.77. The maximum Gasteiger partial charge on any atom is 0.229 e. The summed E-state index contributed by atoms with van der Waals surface area (Å²) < 4.78 is 11.8. The van der Waals surface area contributed by atoms with Crippen LogP contribution in [0, 0.1) is 5.41 Å². The average Bonchev–Trinajstić information content (AvgIpc) is 2.85. The van der Waals surface area contributed by atoms with E-state index in [4.69, 9.17) is 14.5 Å². The smallest absolute Gasteiger partial charge is 0.229 e. The number of anilines is 4. The van der Waals surface area contributed by atoms with Crippen LogP contribution < -0.4 is 20.1 Å². The maximum atomic E-state index is 6.18. The van der Waals surface area contributed by atoms with Crippen molar-refractivity contribution in [1.82, 2.24) is 19.9 Å². The van der Waals surface area contributed by atoms with Crippen molar-refractivity contribution in [2.75, 3.05) is 31.8 Å². The van der Waals surface area contributed by atoms with Gasteiger partial charge in [-0.2, -0.15) is 4.98 Å². The van der Waals surface area contributed by atoms with E-state index in [9.17, 15) is 0 Å². The molecule has 0 radical (unpaired) electrons. The molecule has 194 valence electrons. The molecule has 0 amide bonds. The molecule has 2 fully saturated rings. The van der Waals surface area contributed by atoms with Crippen LogP contribution in [-0.2, 0) is 12.8 Å². The van der Waals surface area contributed by atoms with E-state index < -0.39 is 0 Å². The van der Waals surface area contributed by atoms with Gasteiger partial charge in [0.25, 0.3) is 0 Å². The summed E-state index contributed by atoms with van der Waals surface area (Å²) in [5, 5.41) is 6.69. The summed E-state index contributed by atoms with van der Waals surface area (Å²) >= 11 is 0. The summed E-state index contributed by atoms with van der Waals surface area (Å²) in [5.74, 6) is 2.68. The standard InChI is InChI=1S/C29H36N6O2/c1-35(2)22-15-23(16-22)37-25-6-5-20(14-26(25)36-3)33-28-30-12-8-27(34-28)32-21-13-19-7-11-29(9-4-10-29)17-24(19)31-18-21/h5-6,8,12-14,18,22-23H,4,7,9-11,15-17H2,1-3H3,(H2,30,32,33,34). The Morgan fingerprint density at radius 3 is 2.59 bits per heavy atom. The van der Waals surface area contributed by atoms with E-state index in [1.807, 2.05) is 30.5 Å². The highest BCUT2D eigenvalue weighted by Gasteiger charge is 2.40. The molecule has 6 rings (SSSR count). The van der Waals surface area contributed by atoms with E-state index in [-0.39, 0.29) is 6.10 Å². The van der Waals surface area contributed by atoms with Gasteiger partial charge in [0.05, 0.1) is 19.0 Å². The number of hydrogen-bond acceptors (Lipinski definition) is 8. The molecule has 0 atom stereocenters. The Morgan fingerprint density at radius 2 is 1.84 bits per heavy atom. The number of nitrogens with zero attached hydrogens (tertiary/aromatic N) is 4. The zero-order valence-corrected chi connectivity index (χ0v) is 22.0. The number of hydrogen-bond donors (Lipinski definition) is 2. The van der Waals surface area contributed by atoms with E-state index in [0.29, 0.717) is 23.2 Å². The summed E-state index contributed by atoms with van der Waals surface area (Å²) in [6.45, 7) is 0. The first-order valence-electron chi connectivity index (χ1n) is 13.3. The lowest BCUT2D eigenvalue weighted by atomic mass is 9.60. The van der Waals surface area contributed by atoms with E-state index >= 15 is 0 Å². The number of benzene rings is 1. The van der Waals surface area contributed by atoms with E-state index in [1.165, 1.54) is 36.9 Å². The Balaban J connectivity index is 1.10. The number of rotatable bonds is 8. The SMILES string of the molecule is COc1cc(Nc2nccc(Nc3cnc4c(c3)CCC3(CCC3)C4)n2)ccc1OC1CC(N(C)C)C1. The summed E-state index contributed by atoms with van der Waals surface area (Å²) in [4.78, 5) is 16.1. The molecule has 0 bridgehead atoms. The van der Waals surface area contributed by atoms with Crippen LogP contribution in [0.4, 0.5) is 23.1 Å². The molecule has 3 aliphatic rings. The van der Waals surface area contributed by atoms with Gasteiger partial charge in [0.15, 0.2) is 11.5 Å². The molecule has 3 aliphatic carbocycles. The first kappa shape index (κ1) is 24.0. The van der Waals surface area contributed by atoms with E-state index in [1.54, 1.807) is 13.3 Å². The normalized spacial score (nSPS) is 21.5. The van der Waals surface area contributed by atoms with E-state index in [0.717, 1.165) is 48.6 Å². The van der Waals surface area contributed by atoms with Gasteiger partial charge in [0.2, 0.25) is 5.95 Å². The van der Waals surface area contributed by atoms with Gasteiger partial charge in [-0.1, -0.05) is 6.42 Å². The highest BCUT2D eigenvalue weighted by molar-refractivity contribution is 5.62. The summed E-state index contributed by atoms with van der Waals surface area (Å²) in [5.41, 5.74) is 4.98. The van der Waals surface area contributed by atoms with Gasteiger partial charge >= 0.3 is 0 Å². The molecule has 3 aromatic rings. The molecule has 8 nitrogen and oxygen atoms in total. The molecule has 0 unspecified atom stereocenters. The summed E-state index contributed by atoms with van der Waals surface area (Å²) in [7, 11) is 5.89. The first-order valence-corrected chi connectivity index (χ1v) is 13.3. The third-order valence-electron chi connectivity index (χ3n) is 8.38. The predicted molar refractivity (Wildman–Crippen MR) is 145 cm³/mol. The largest absolute Gasteiger partial charge is 0.493 e. The van der Waals surface area contributed by atoms with Crippen LogP contribution in [0.15, 0.2) is 42.7 Å². The lowest BCUT2D eigenvalue weighted by molar-refractivity contribution is 0.0383. The van der Waals surface area contributed by atoms with Crippen LogP contribution in [0.2, 0.25) is 0 Å². The average molecular weight is 501 g/mol. The summed E-state index contributed by atoms with van der Waals surface area (Å²) in [6.07, 6.45) is 13.6. The monoisotopic (exact) mass is 500 g/mol. The molecule has 1 aromatic carbocycles. The van der Waals surface area contributed by atoms with Crippen molar-refractivity contribution in [1.29, 1.82) is 0 Å². The number of fused-ring (bicyclic) bond motifs is 1. The van der Waals surface area contributed by atoms with Crippen molar-refractivity contribution in [2.45, 2.75) is 63.5 Å². The molecule has 2 N–H and O–H groups in total. The van der Waals surface area contributed by atoms with Crippen LogP contribution >= 0.6 is 0 Å². The van der Waals surface area contributed by atoms with Crippen LogP contribution in [0.3, 0.4) is 0 Å². The second-order valence-corrected chi connectivity index (χ2v) is 11.1. The van der Waals surface area contributed by atoms with Crippen molar-refractivity contribution in [3.63, 3.8) is 0 Å². The van der Waals surface area contributed by atoms with Crippen molar-refractivity contribution in [3.05, 3.63) is 54.0 Å². The minimum Gasteiger partial charge on any atom is -0.493 e. The van der Waals surface area contributed by atoms with Gasteiger partial charge < -0.3 is 25.0 Å². The minimum atomic E-state index is 0.226. The Hall–Kier alpha value is -3.39. The molecule has 1 spiro atoms. The fraction of sp³-hybridized carbons (Fsp3) is 0.483. The summed E-state index contributed by atoms with van der Waals surface area (Å²) in [6, 6.07) is 10.5. The molecule has 8 heteroatoms. The fourth-order valence-corrected chi connectivity index (χ4v) is 5.77. The quantitative estimate of drug-likeness (QED) is 0.420. The second kappa shape index (κ2) is 9.82. The number of aryl methyl sites for hydroxylation is 1. The van der Waals surface area contributed by atoms with Gasteiger partial charge in [0, 0.05) is 29.7 Å². The molecule has 0 aliphatic heterocycles. The Bertz CT molecular complexity index is 1270. The highest BCUT2D eigenvalue weighted by atomic mass is 16.5. The van der Waals surface area contributed by atoms with Gasteiger partial charge in [-0.3, -0.25) is 4.98 Å². The molecule has 2 aromatic heterocycles. The Labute approximate surface area is 218 Å². The van der Waals surface area contributed by atoms with Gasteiger partial charge in [-0.05, 0) is 94.3 Å². The second-order valence-electron chi connectivity index (χ2n) is 11.1. The predicted octanol–water partition coefficient (Wildman–Crippen LogP) is 5.50. The third-order valence-corrected chi connectivity index (χ3v) is 8.38. The van der Waals surface area contributed by atoms with Gasteiger partial charge in [-0.25, -0.2) is 4.98 Å². The maximum absolute atomic E-state index is 6.18. The molecule has 2 saturated carbocycles. The molecule has 37 heavy (non-hydrogen) atoms. The molecular weight excluding hydrogens is 464 g/mol. The van der Waals surface area contributed by atoms with Crippen molar-refractivity contribution >= 4 is 23.1 Å². The number of ether oxygens (including phenoxy) is 2. The van der Waals surface area contributed by atoms with Crippen molar-refractivity contribution < 1.29 is 9.47 Å². The number of pyridine rings is 1. The van der Waals surface area contributed by atoms with Crippen LogP contribution in [0.5, 0.6) is 11.5 Å². The lowest BCUT2D eigenvalue weighted by Gasteiger charge is -2.45. The van der Waals surface area contributed by atoms with Crippen molar-refractivity contribution in [2.24, 2.45) is 5.41 Å². The van der Waals surface area contributed by atoms with E-state index in [2.05, 4.69) is 45.7 Å². The number of nitrogens with one attached hydrogen (secondary N) is 2. The van der Waals surface area contributed by atoms with Crippen LogP contribution in [0.1, 0.15) is 49.8 Å². The minimum absolute atomic E-state index is 0.226. The highest BCUT2D eigenvalue weighted by Crippen LogP contribution is 2.50. The topological polar surface area (TPSA) is 84.4 Å². The molecular formula is C29H36N6O2. The number of aromatic nitrogens is 3. The van der Waals surface area contributed by atoms with Crippen LogP contribution in [0.25, 0.3) is 0 Å². The Kier molecular flexibility index (Phi) is 6.36. The molecule has 2 heterocycles. The third kappa shape index (κ3) is 5.07. The number of methoxy groups -OCH3 is 1. The van der Waals surface area contributed by atoms with Crippen LogP contribution in [-0.4, -0.2) is 53.2 Å². The first-order chi connectivity index (χ1) is 18.0. The van der Waals surface area contributed by atoms with Crippen molar-refractivity contribution in [3.8, 4) is 11.5 Å². The zero-order valence-electron chi connectivity index (χ0n) is 22.0. The zero-order chi connectivity index (χ0) is 25.4. The van der Waals surface area contributed by atoms with Gasteiger partial charge in [0.1, 0.15) is 11.9 Å². The Morgan fingerprint density at radius 1 is 0.973 bits per heavy atom. The lowest BCUT2D eigenvalue weighted by Crippen LogP contribution is -2.46. The molecule has 0 saturated heterocycles. The van der Waals surface area contributed by atoms with Gasteiger partial charge in [-0.15, -0.1) is 0 Å².